The molecule has 0 aliphatic rings. The van der Waals surface area contributed by atoms with Crippen LogP contribution in [0.15, 0.2) is 80.9 Å². The van der Waals surface area contributed by atoms with E-state index in [1.807, 2.05) is 54.8 Å². The summed E-state index contributed by atoms with van der Waals surface area (Å²) >= 11 is 1.59. The maximum absolute atomic E-state index is 13.3. The lowest BCUT2D eigenvalue weighted by Crippen LogP contribution is -2.22. The summed E-state index contributed by atoms with van der Waals surface area (Å²) in [5, 5.41) is 9.92. The van der Waals surface area contributed by atoms with Gasteiger partial charge in [0, 0.05) is 15.8 Å². The molecule has 0 N–H and O–H groups in total. The van der Waals surface area contributed by atoms with Crippen molar-refractivity contribution >= 4 is 22.5 Å². The second-order valence-electron chi connectivity index (χ2n) is 7.31. The first kappa shape index (κ1) is 21.7. The van der Waals surface area contributed by atoms with Crippen molar-refractivity contribution < 1.29 is 14.0 Å². The molecule has 5 aromatic rings. The average Bonchev–Trinajstić information content (AvgIpc) is 3.39. The minimum atomic E-state index is -0.225. The molecule has 0 spiro atoms. The number of rotatable bonds is 6. The number of aromatic nitrogens is 4. The van der Waals surface area contributed by atoms with Crippen molar-refractivity contribution in [3.63, 3.8) is 0 Å². The van der Waals surface area contributed by atoms with Gasteiger partial charge in [-0.2, -0.15) is 14.8 Å². The summed E-state index contributed by atoms with van der Waals surface area (Å²) in [6.45, 7) is 0. The number of fused-ring (bicyclic) bond motifs is 1. The van der Waals surface area contributed by atoms with Crippen LogP contribution in [0.5, 0.6) is 11.5 Å². The summed E-state index contributed by atoms with van der Waals surface area (Å²) in [7, 11) is 3.14. The maximum Gasteiger partial charge on any atom is 0.279 e. The number of hydrogen-bond acceptors (Lipinski definition) is 8. The van der Waals surface area contributed by atoms with E-state index in [1.54, 1.807) is 44.2 Å². The fraction of sp³-hybridized carbons (Fsp3) is 0.120. The Morgan fingerprint density at radius 2 is 1.71 bits per heavy atom. The molecule has 2 heterocycles. The highest BCUT2D eigenvalue weighted by Crippen LogP contribution is 2.32. The average molecular weight is 473 g/mol. The smallest absolute Gasteiger partial charge is 0.279 e. The van der Waals surface area contributed by atoms with Crippen LogP contribution in [0.2, 0.25) is 0 Å². The van der Waals surface area contributed by atoms with Crippen molar-refractivity contribution in [3.8, 4) is 40.2 Å². The monoisotopic (exact) mass is 472 g/mol. The van der Waals surface area contributed by atoms with Crippen molar-refractivity contribution in [1.82, 2.24) is 19.9 Å². The minimum Gasteiger partial charge on any atom is -0.493 e. The Hall–Kier alpha value is -4.11. The molecule has 0 amide bonds. The Morgan fingerprint density at radius 1 is 0.912 bits per heavy atom. The predicted octanol–water partition coefficient (Wildman–Crippen LogP) is 4.84. The molecule has 0 bridgehead atoms. The van der Waals surface area contributed by atoms with E-state index < -0.39 is 0 Å². The number of methoxy groups -OCH3 is 2. The van der Waals surface area contributed by atoms with Gasteiger partial charge in [-0.15, -0.1) is 11.8 Å². The third-order valence-electron chi connectivity index (χ3n) is 5.37. The van der Waals surface area contributed by atoms with E-state index in [9.17, 15) is 4.79 Å². The molecule has 8 nitrogen and oxygen atoms in total. The highest BCUT2D eigenvalue weighted by atomic mass is 32.2. The molecule has 0 aliphatic heterocycles. The van der Waals surface area contributed by atoms with Gasteiger partial charge in [-0.25, -0.2) is 0 Å². The highest BCUT2D eigenvalue weighted by Gasteiger charge is 2.20. The molecule has 34 heavy (non-hydrogen) atoms. The molecule has 0 unspecified atom stereocenters. The van der Waals surface area contributed by atoms with E-state index in [4.69, 9.17) is 14.0 Å². The second-order valence-corrected chi connectivity index (χ2v) is 8.19. The topological polar surface area (TPSA) is 92.3 Å². The first-order chi connectivity index (χ1) is 16.6. The van der Waals surface area contributed by atoms with Crippen LogP contribution in [0.25, 0.3) is 39.4 Å². The molecule has 0 aliphatic carbocycles. The summed E-state index contributed by atoms with van der Waals surface area (Å²) in [5.41, 5.74) is 1.54. The van der Waals surface area contributed by atoms with Crippen LogP contribution < -0.4 is 15.0 Å². The largest absolute Gasteiger partial charge is 0.493 e. The van der Waals surface area contributed by atoms with Crippen LogP contribution >= 0.6 is 11.8 Å². The number of benzene rings is 3. The Balaban J connectivity index is 1.67. The van der Waals surface area contributed by atoms with E-state index in [2.05, 4.69) is 15.2 Å². The van der Waals surface area contributed by atoms with E-state index in [0.717, 1.165) is 4.90 Å². The molecule has 2 aromatic heterocycles. The molecular weight excluding hydrogens is 452 g/mol. The van der Waals surface area contributed by atoms with Crippen molar-refractivity contribution in [3.05, 3.63) is 77.1 Å². The standard InChI is InChI=1S/C25H20N4O4S/c1-31-20-12-11-15(13-21(20)32-2)23-26-24(33-28-23)22-18-9-4-5-10-19(18)25(30)29(27-22)16-7-6-8-17(14-16)34-3/h4-14H,1-3H3. The maximum atomic E-state index is 13.3. The minimum absolute atomic E-state index is 0.204. The lowest BCUT2D eigenvalue weighted by molar-refractivity contribution is 0.355. The molecule has 0 radical (unpaired) electrons. The predicted molar refractivity (Wildman–Crippen MR) is 131 cm³/mol. The Bertz CT molecular complexity index is 1560. The number of hydrogen-bond donors (Lipinski definition) is 0. The van der Waals surface area contributed by atoms with Crippen molar-refractivity contribution in [2.45, 2.75) is 4.90 Å². The molecular formula is C25H20N4O4S. The van der Waals surface area contributed by atoms with Crippen LogP contribution in [0, 0.1) is 0 Å². The molecule has 0 saturated heterocycles. The molecule has 0 fully saturated rings. The molecule has 5 rings (SSSR count). The van der Waals surface area contributed by atoms with Crippen LogP contribution in [-0.4, -0.2) is 40.4 Å². The van der Waals surface area contributed by atoms with Crippen molar-refractivity contribution in [2.75, 3.05) is 20.5 Å². The van der Waals surface area contributed by atoms with E-state index in [0.29, 0.717) is 45.0 Å². The first-order valence-electron chi connectivity index (χ1n) is 10.4. The van der Waals surface area contributed by atoms with Crippen LogP contribution in [0.3, 0.4) is 0 Å². The molecule has 0 saturated carbocycles. The van der Waals surface area contributed by atoms with Crippen molar-refractivity contribution in [2.24, 2.45) is 0 Å². The van der Waals surface area contributed by atoms with Crippen LogP contribution in [0.1, 0.15) is 0 Å². The zero-order chi connectivity index (χ0) is 23.7. The Labute approximate surface area is 199 Å². The quantitative estimate of drug-likeness (QED) is 0.324. The van der Waals surface area contributed by atoms with Gasteiger partial charge in [0.15, 0.2) is 17.2 Å². The third-order valence-corrected chi connectivity index (χ3v) is 6.10. The summed E-state index contributed by atoms with van der Waals surface area (Å²) in [6, 6.07) is 20.2. The van der Waals surface area contributed by atoms with Gasteiger partial charge in [0.1, 0.15) is 0 Å². The van der Waals surface area contributed by atoms with Gasteiger partial charge in [0.05, 0.1) is 25.3 Å². The van der Waals surface area contributed by atoms with E-state index in [-0.39, 0.29) is 11.4 Å². The fourth-order valence-electron chi connectivity index (χ4n) is 3.68. The van der Waals surface area contributed by atoms with Crippen LogP contribution in [-0.2, 0) is 0 Å². The zero-order valence-electron chi connectivity index (χ0n) is 18.7. The van der Waals surface area contributed by atoms with Gasteiger partial charge in [-0.1, -0.05) is 29.4 Å². The highest BCUT2D eigenvalue weighted by molar-refractivity contribution is 7.98. The second kappa shape index (κ2) is 9.03. The first-order valence-corrected chi connectivity index (χ1v) is 11.6. The van der Waals surface area contributed by atoms with Crippen molar-refractivity contribution in [1.29, 1.82) is 0 Å². The normalized spacial score (nSPS) is 11.0. The SMILES string of the molecule is COc1ccc(-c2noc(-c3nn(-c4cccc(SC)c4)c(=O)c4ccccc34)n2)cc1OC. The zero-order valence-corrected chi connectivity index (χ0v) is 19.5. The number of thioether (sulfide) groups is 1. The summed E-state index contributed by atoms with van der Waals surface area (Å²) in [4.78, 5) is 18.9. The Morgan fingerprint density at radius 3 is 2.47 bits per heavy atom. The summed E-state index contributed by atoms with van der Waals surface area (Å²) in [6.07, 6.45) is 1.98. The van der Waals surface area contributed by atoms with Gasteiger partial charge in [-0.05, 0) is 48.7 Å². The lowest BCUT2D eigenvalue weighted by atomic mass is 10.1. The van der Waals surface area contributed by atoms with Gasteiger partial charge in [-0.3, -0.25) is 4.79 Å². The van der Waals surface area contributed by atoms with Gasteiger partial charge in [0.25, 0.3) is 11.4 Å². The third kappa shape index (κ3) is 3.80. The molecule has 170 valence electrons. The molecule has 3 aromatic carbocycles. The number of ether oxygens (including phenoxy) is 2. The van der Waals surface area contributed by atoms with Gasteiger partial charge in [0.2, 0.25) is 5.82 Å². The van der Waals surface area contributed by atoms with E-state index in [1.165, 1.54) is 4.68 Å². The summed E-state index contributed by atoms with van der Waals surface area (Å²) in [5.74, 6) is 1.72. The number of nitrogens with zero attached hydrogens (tertiary/aromatic N) is 4. The summed E-state index contributed by atoms with van der Waals surface area (Å²) < 4.78 is 17.7. The molecule has 0 atom stereocenters. The fourth-order valence-corrected chi connectivity index (χ4v) is 4.13. The van der Waals surface area contributed by atoms with Gasteiger partial charge >= 0.3 is 0 Å². The van der Waals surface area contributed by atoms with Gasteiger partial charge < -0.3 is 14.0 Å². The lowest BCUT2D eigenvalue weighted by Gasteiger charge is -2.10. The molecule has 9 heteroatoms. The van der Waals surface area contributed by atoms with E-state index >= 15 is 0 Å². The van der Waals surface area contributed by atoms with Crippen LogP contribution in [0.4, 0.5) is 0 Å². The Kier molecular flexibility index (Phi) is 5.77.